The van der Waals surface area contributed by atoms with Gasteiger partial charge in [0, 0.05) is 11.4 Å². The first-order valence-electron chi connectivity index (χ1n) is 4.99. The first-order valence-corrected chi connectivity index (χ1v) is 5.80. The summed E-state index contributed by atoms with van der Waals surface area (Å²) in [6.45, 7) is 6.21. The standard InChI is InChI=1S/C10H18N2OS/c1-4-5-6-11-7-9-8(2)12-10(13-3)14-9/h11H,4-7H2,1-3H3. The summed E-state index contributed by atoms with van der Waals surface area (Å²) in [7, 11) is 1.66. The summed E-state index contributed by atoms with van der Waals surface area (Å²) in [5.41, 5.74) is 1.08. The summed E-state index contributed by atoms with van der Waals surface area (Å²) in [6.07, 6.45) is 2.47. The maximum atomic E-state index is 5.08. The molecule has 1 aromatic rings. The molecule has 3 nitrogen and oxygen atoms in total. The Morgan fingerprint density at radius 1 is 1.50 bits per heavy atom. The highest BCUT2D eigenvalue weighted by molar-refractivity contribution is 7.13. The molecule has 0 spiro atoms. The predicted molar refractivity (Wildman–Crippen MR) is 60.0 cm³/mol. The summed E-state index contributed by atoms with van der Waals surface area (Å²) >= 11 is 1.62. The van der Waals surface area contributed by atoms with Gasteiger partial charge in [0.2, 0.25) is 0 Å². The second kappa shape index (κ2) is 5.98. The molecule has 0 fully saturated rings. The molecule has 1 N–H and O–H groups in total. The predicted octanol–water partition coefficient (Wildman–Crippen LogP) is 2.35. The number of ether oxygens (including phenoxy) is 1. The molecule has 80 valence electrons. The molecule has 0 amide bonds. The zero-order chi connectivity index (χ0) is 10.4. The quantitative estimate of drug-likeness (QED) is 0.738. The van der Waals surface area contributed by atoms with Crippen LogP contribution in [-0.2, 0) is 6.54 Å². The van der Waals surface area contributed by atoms with Crippen LogP contribution in [0.2, 0.25) is 0 Å². The minimum absolute atomic E-state index is 0.759. The Morgan fingerprint density at radius 3 is 2.86 bits per heavy atom. The maximum absolute atomic E-state index is 5.08. The third kappa shape index (κ3) is 3.27. The van der Waals surface area contributed by atoms with Crippen LogP contribution in [0.5, 0.6) is 5.19 Å². The lowest BCUT2D eigenvalue weighted by molar-refractivity contribution is 0.411. The summed E-state index contributed by atoms with van der Waals surface area (Å²) in [4.78, 5) is 5.56. The minimum Gasteiger partial charge on any atom is -0.473 e. The van der Waals surface area contributed by atoms with E-state index in [1.807, 2.05) is 6.92 Å². The van der Waals surface area contributed by atoms with Crippen molar-refractivity contribution in [3.05, 3.63) is 10.6 Å². The summed E-state index contributed by atoms with van der Waals surface area (Å²) in [5, 5.41) is 4.15. The fraction of sp³-hybridized carbons (Fsp3) is 0.700. The largest absolute Gasteiger partial charge is 0.473 e. The molecule has 14 heavy (non-hydrogen) atoms. The topological polar surface area (TPSA) is 34.1 Å². The molecule has 1 aromatic heterocycles. The molecule has 0 atom stereocenters. The Morgan fingerprint density at radius 2 is 2.29 bits per heavy atom. The number of rotatable bonds is 6. The van der Waals surface area contributed by atoms with Crippen molar-refractivity contribution >= 4 is 11.3 Å². The Hall–Kier alpha value is -0.610. The van der Waals surface area contributed by atoms with Gasteiger partial charge >= 0.3 is 0 Å². The zero-order valence-electron chi connectivity index (χ0n) is 9.09. The van der Waals surface area contributed by atoms with Crippen molar-refractivity contribution in [2.45, 2.75) is 33.2 Å². The van der Waals surface area contributed by atoms with Gasteiger partial charge in [-0.05, 0) is 19.9 Å². The van der Waals surface area contributed by atoms with Crippen molar-refractivity contribution in [3.8, 4) is 5.19 Å². The molecule has 0 aromatic carbocycles. The Balaban J connectivity index is 2.38. The van der Waals surface area contributed by atoms with Crippen molar-refractivity contribution in [3.63, 3.8) is 0 Å². The maximum Gasteiger partial charge on any atom is 0.273 e. The van der Waals surface area contributed by atoms with Crippen LogP contribution in [0.4, 0.5) is 0 Å². The van der Waals surface area contributed by atoms with Crippen LogP contribution >= 0.6 is 11.3 Å². The van der Waals surface area contributed by atoms with Gasteiger partial charge in [-0.2, -0.15) is 0 Å². The first-order chi connectivity index (χ1) is 6.77. The molecule has 0 bridgehead atoms. The average molecular weight is 214 g/mol. The third-order valence-electron chi connectivity index (χ3n) is 2.04. The molecule has 4 heteroatoms. The Bertz CT molecular complexity index is 273. The molecule has 0 aliphatic rings. The van der Waals surface area contributed by atoms with Gasteiger partial charge in [-0.15, -0.1) is 0 Å². The molecule has 0 saturated heterocycles. The van der Waals surface area contributed by atoms with E-state index in [4.69, 9.17) is 4.74 Å². The van der Waals surface area contributed by atoms with Gasteiger partial charge in [-0.3, -0.25) is 0 Å². The number of nitrogens with zero attached hydrogens (tertiary/aromatic N) is 1. The summed E-state index contributed by atoms with van der Waals surface area (Å²) in [6, 6.07) is 0. The number of hydrogen-bond donors (Lipinski definition) is 1. The van der Waals surface area contributed by atoms with Crippen LogP contribution in [0.25, 0.3) is 0 Å². The number of nitrogens with one attached hydrogen (secondary N) is 1. The van der Waals surface area contributed by atoms with Crippen molar-refractivity contribution in [1.29, 1.82) is 0 Å². The lowest BCUT2D eigenvalue weighted by atomic mass is 10.3. The van der Waals surface area contributed by atoms with Gasteiger partial charge in [-0.1, -0.05) is 24.7 Å². The zero-order valence-corrected chi connectivity index (χ0v) is 9.91. The molecule has 1 heterocycles. The number of hydrogen-bond acceptors (Lipinski definition) is 4. The van der Waals surface area contributed by atoms with Crippen LogP contribution in [0.3, 0.4) is 0 Å². The van der Waals surface area contributed by atoms with Gasteiger partial charge in [0.25, 0.3) is 5.19 Å². The van der Waals surface area contributed by atoms with Gasteiger partial charge in [0.15, 0.2) is 0 Å². The van der Waals surface area contributed by atoms with E-state index in [1.165, 1.54) is 17.7 Å². The van der Waals surface area contributed by atoms with E-state index in [2.05, 4.69) is 17.2 Å². The Labute approximate surface area is 89.5 Å². The smallest absolute Gasteiger partial charge is 0.273 e. The molecular weight excluding hydrogens is 196 g/mol. The fourth-order valence-corrected chi connectivity index (χ4v) is 2.00. The van der Waals surface area contributed by atoms with Crippen molar-refractivity contribution in [1.82, 2.24) is 10.3 Å². The fourth-order valence-electron chi connectivity index (χ4n) is 1.16. The lowest BCUT2D eigenvalue weighted by Gasteiger charge is -2.00. The van der Waals surface area contributed by atoms with Crippen molar-refractivity contribution in [2.24, 2.45) is 0 Å². The van der Waals surface area contributed by atoms with E-state index >= 15 is 0 Å². The number of aromatic nitrogens is 1. The third-order valence-corrected chi connectivity index (χ3v) is 3.16. The van der Waals surface area contributed by atoms with Crippen LogP contribution in [0.15, 0.2) is 0 Å². The lowest BCUT2D eigenvalue weighted by Crippen LogP contribution is -2.14. The van der Waals surface area contributed by atoms with Crippen LogP contribution in [0, 0.1) is 6.92 Å². The molecular formula is C10H18N2OS. The number of unbranched alkanes of at least 4 members (excludes halogenated alkanes) is 1. The van der Waals surface area contributed by atoms with E-state index < -0.39 is 0 Å². The normalized spacial score (nSPS) is 10.5. The van der Waals surface area contributed by atoms with Gasteiger partial charge in [-0.25, -0.2) is 4.98 Å². The van der Waals surface area contributed by atoms with Crippen LogP contribution < -0.4 is 10.1 Å². The molecule has 0 radical (unpaired) electrons. The summed E-state index contributed by atoms with van der Waals surface area (Å²) < 4.78 is 5.08. The van der Waals surface area contributed by atoms with Gasteiger partial charge in [0.05, 0.1) is 12.8 Å². The monoisotopic (exact) mass is 214 g/mol. The van der Waals surface area contributed by atoms with Gasteiger partial charge < -0.3 is 10.1 Å². The van der Waals surface area contributed by atoms with Crippen molar-refractivity contribution < 1.29 is 4.74 Å². The second-order valence-corrected chi connectivity index (χ2v) is 4.27. The number of thiazole rings is 1. The highest BCUT2D eigenvalue weighted by Crippen LogP contribution is 2.23. The molecule has 1 rings (SSSR count). The molecule has 0 saturated carbocycles. The Kier molecular flexibility index (Phi) is 4.90. The van der Waals surface area contributed by atoms with Crippen LogP contribution in [-0.4, -0.2) is 18.6 Å². The second-order valence-electron chi connectivity index (χ2n) is 3.22. The van der Waals surface area contributed by atoms with E-state index in [9.17, 15) is 0 Å². The van der Waals surface area contributed by atoms with E-state index in [0.29, 0.717) is 0 Å². The minimum atomic E-state index is 0.759. The molecule has 0 aliphatic carbocycles. The van der Waals surface area contributed by atoms with Gasteiger partial charge in [0.1, 0.15) is 0 Å². The number of methoxy groups -OCH3 is 1. The average Bonchev–Trinajstić information content (AvgIpc) is 2.54. The molecule has 0 unspecified atom stereocenters. The van der Waals surface area contributed by atoms with E-state index in [-0.39, 0.29) is 0 Å². The SMILES string of the molecule is CCCCNCc1sc(OC)nc1C. The highest BCUT2D eigenvalue weighted by Gasteiger charge is 2.06. The first kappa shape index (κ1) is 11.5. The highest BCUT2D eigenvalue weighted by atomic mass is 32.1. The molecule has 0 aliphatic heterocycles. The number of aryl methyl sites for hydroxylation is 1. The summed E-state index contributed by atoms with van der Waals surface area (Å²) in [5.74, 6) is 0. The van der Waals surface area contributed by atoms with Crippen molar-refractivity contribution in [2.75, 3.05) is 13.7 Å². The van der Waals surface area contributed by atoms with Crippen LogP contribution in [0.1, 0.15) is 30.3 Å². The van der Waals surface area contributed by atoms with E-state index in [0.717, 1.165) is 24.0 Å². The van der Waals surface area contributed by atoms with E-state index in [1.54, 1.807) is 18.4 Å².